The molecule has 94 valence electrons. The van der Waals surface area contributed by atoms with Crippen LogP contribution in [0.2, 0.25) is 0 Å². The number of carbonyl (C=O) groups is 1. The standard InChI is InChI=1S/C10H16N4O2S/c1-6-13-14-10(17-6)12-9(16)11-7-2-4-8(15)5-3-7/h7-8,15H,2-5H2,1H3,(H2,11,12,14,16). The number of carbonyl (C=O) groups excluding carboxylic acids is 1. The molecule has 0 aliphatic heterocycles. The minimum Gasteiger partial charge on any atom is -0.393 e. The average Bonchev–Trinajstić information content (AvgIpc) is 2.67. The summed E-state index contributed by atoms with van der Waals surface area (Å²) in [6.07, 6.45) is 2.95. The van der Waals surface area contributed by atoms with E-state index in [9.17, 15) is 9.90 Å². The van der Waals surface area contributed by atoms with Crippen LogP contribution in [0.15, 0.2) is 0 Å². The van der Waals surface area contributed by atoms with Crippen LogP contribution in [0.25, 0.3) is 0 Å². The molecule has 17 heavy (non-hydrogen) atoms. The first-order valence-electron chi connectivity index (χ1n) is 5.69. The lowest BCUT2D eigenvalue weighted by molar-refractivity contribution is 0.118. The maximum absolute atomic E-state index is 11.6. The van der Waals surface area contributed by atoms with Crippen LogP contribution in [0.1, 0.15) is 30.7 Å². The van der Waals surface area contributed by atoms with Gasteiger partial charge in [0.15, 0.2) is 0 Å². The van der Waals surface area contributed by atoms with Crippen molar-refractivity contribution in [2.75, 3.05) is 5.32 Å². The van der Waals surface area contributed by atoms with E-state index in [1.807, 2.05) is 6.92 Å². The lowest BCUT2D eigenvalue weighted by atomic mass is 9.93. The maximum atomic E-state index is 11.6. The summed E-state index contributed by atoms with van der Waals surface area (Å²) in [6.45, 7) is 1.84. The fourth-order valence-corrected chi connectivity index (χ4v) is 2.47. The first-order valence-corrected chi connectivity index (χ1v) is 6.51. The quantitative estimate of drug-likeness (QED) is 0.743. The highest BCUT2D eigenvalue weighted by Crippen LogP contribution is 2.18. The lowest BCUT2D eigenvalue weighted by Crippen LogP contribution is -2.40. The number of rotatable bonds is 2. The van der Waals surface area contributed by atoms with Crippen LogP contribution in [0.4, 0.5) is 9.93 Å². The number of amides is 2. The molecule has 3 N–H and O–H groups in total. The molecule has 1 fully saturated rings. The third-order valence-electron chi connectivity index (χ3n) is 2.78. The SMILES string of the molecule is Cc1nnc(NC(=O)NC2CCC(O)CC2)s1. The molecule has 6 nitrogen and oxygen atoms in total. The molecule has 0 atom stereocenters. The molecule has 0 spiro atoms. The van der Waals surface area contributed by atoms with Gasteiger partial charge in [0.25, 0.3) is 0 Å². The Hall–Kier alpha value is -1.21. The van der Waals surface area contributed by atoms with Crippen molar-refractivity contribution in [2.24, 2.45) is 0 Å². The molecule has 0 bridgehead atoms. The van der Waals surface area contributed by atoms with E-state index in [-0.39, 0.29) is 18.2 Å². The second-order valence-corrected chi connectivity index (χ2v) is 5.41. The number of aliphatic hydroxyl groups excluding tert-OH is 1. The Morgan fingerprint density at radius 2 is 2.06 bits per heavy atom. The topological polar surface area (TPSA) is 87.1 Å². The number of hydrogen-bond donors (Lipinski definition) is 3. The Morgan fingerprint density at radius 1 is 1.35 bits per heavy atom. The highest BCUT2D eigenvalue weighted by molar-refractivity contribution is 7.15. The van der Waals surface area contributed by atoms with E-state index >= 15 is 0 Å². The molecule has 2 rings (SSSR count). The minimum absolute atomic E-state index is 0.146. The summed E-state index contributed by atoms with van der Waals surface area (Å²) in [5.41, 5.74) is 0. The molecule has 1 aliphatic rings. The highest BCUT2D eigenvalue weighted by Gasteiger charge is 2.20. The van der Waals surface area contributed by atoms with Gasteiger partial charge in [0.1, 0.15) is 5.01 Å². The van der Waals surface area contributed by atoms with Crippen molar-refractivity contribution in [3.63, 3.8) is 0 Å². The van der Waals surface area contributed by atoms with Gasteiger partial charge in [0.2, 0.25) is 5.13 Å². The molecule has 1 heterocycles. The smallest absolute Gasteiger partial charge is 0.321 e. The van der Waals surface area contributed by atoms with E-state index in [2.05, 4.69) is 20.8 Å². The predicted molar refractivity (Wildman–Crippen MR) is 65.1 cm³/mol. The van der Waals surface area contributed by atoms with Crippen LogP contribution in [0, 0.1) is 6.92 Å². The van der Waals surface area contributed by atoms with Crippen LogP contribution >= 0.6 is 11.3 Å². The van der Waals surface area contributed by atoms with Gasteiger partial charge in [-0.15, -0.1) is 10.2 Å². The first-order chi connectivity index (χ1) is 8.13. The van der Waals surface area contributed by atoms with Gasteiger partial charge in [-0.05, 0) is 32.6 Å². The molecule has 1 aromatic rings. The van der Waals surface area contributed by atoms with Gasteiger partial charge in [-0.2, -0.15) is 0 Å². The monoisotopic (exact) mass is 256 g/mol. The number of urea groups is 1. The first kappa shape index (κ1) is 12.3. The zero-order valence-corrected chi connectivity index (χ0v) is 10.5. The van der Waals surface area contributed by atoms with Gasteiger partial charge in [-0.25, -0.2) is 4.79 Å². The number of aliphatic hydroxyl groups is 1. The van der Waals surface area contributed by atoms with Crippen LogP contribution in [-0.2, 0) is 0 Å². The molecule has 0 saturated heterocycles. The average molecular weight is 256 g/mol. The van der Waals surface area contributed by atoms with Crippen LogP contribution < -0.4 is 10.6 Å². The summed E-state index contributed by atoms with van der Waals surface area (Å²) in [5.74, 6) is 0. The number of nitrogens with one attached hydrogen (secondary N) is 2. The van der Waals surface area contributed by atoms with E-state index < -0.39 is 0 Å². The fourth-order valence-electron chi connectivity index (χ4n) is 1.89. The van der Waals surface area contributed by atoms with E-state index in [4.69, 9.17) is 0 Å². The minimum atomic E-state index is -0.248. The molecular formula is C10H16N4O2S. The number of anilines is 1. The van der Waals surface area contributed by atoms with Crippen LogP contribution in [-0.4, -0.2) is 33.5 Å². The summed E-state index contributed by atoms with van der Waals surface area (Å²) in [4.78, 5) is 11.6. The molecule has 1 aliphatic carbocycles. The fraction of sp³-hybridized carbons (Fsp3) is 0.700. The predicted octanol–water partition coefficient (Wildman–Crippen LogP) is 1.27. The zero-order valence-electron chi connectivity index (χ0n) is 9.64. The molecule has 0 aromatic carbocycles. The lowest BCUT2D eigenvalue weighted by Gasteiger charge is -2.25. The van der Waals surface area contributed by atoms with Crippen LogP contribution in [0.3, 0.4) is 0 Å². The normalized spacial score (nSPS) is 24.4. The van der Waals surface area contributed by atoms with E-state index in [0.29, 0.717) is 5.13 Å². The number of aryl methyl sites for hydroxylation is 1. The third kappa shape index (κ3) is 3.64. The second-order valence-electron chi connectivity index (χ2n) is 4.23. The molecule has 1 aromatic heterocycles. The third-order valence-corrected chi connectivity index (χ3v) is 3.53. The van der Waals surface area contributed by atoms with Gasteiger partial charge in [0, 0.05) is 6.04 Å². The Kier molecular flexibility index (Phi) is 3.90. The van der Waals surface area contributed by atoms with Crippen molar-refractivity contribution < 1.29 is 9.90 Å². The highest BCUT2D eigenvalue weighted by atomic mass is 32.1. The van der Waals surface area contributed by atoms with Crippen molar-refractivity contribution in [1.82, 2.24) is 15.5 Å². The Balaban J connectivity index is 1.77. The van der Waals surface area contributed by atoms with Gasteiger partial charge in [-0.3, -0.25) is 5.32 Å². The van der Waals surface area contributed by atoms with Crippen molar-refractivity contribution in [2.45, 2.75) is 44.8 Å². The Bertz CT molecular complexity index is 387. The molecule has 2 amide bonds. The van der Waals surface area contributed by atoms with Crippen molar-refractivity contribution >= 4 is 22.5 Å². The summed E-state index contributed by atoms with van der Waals surface area (Å²) in [7, 11) is 0. The van der Waals surface area contributed by atoms with Gasteiger partial charge >= 0.3 is 6.03 Å². The Labute approximate surface area is 103 Å². The summed E-state index contributed by atoms with van der Waals surface area (Å²) in [5, 5.41) is 23.8. The number of aromatic nitrogens is 2. The van der Waals surface area contributed by atoms with Crippen molar-refractivity contribution in [1.29, 1.82) is 0 Å². The second kappa shape index (κ2) is 5.42. The zero-order chi connectivity index (χ0) is 12.3. The van der Waals surface area contributed by atoms with Gasteiger partial charge < -0.3 is 10.4 Å². The van der Waals surface area contributed by atoms with Crippen molar-refractivity contribution in [3.05, 3.63) is 5.01 Å². The number of hydrogen-bond acceptors (Lipinski definition) is 5. The maximum Gasteiger partial charge on any atom is 0.321 e. The summed E-state index contributed by atoms with van der Waals surface area (Å²) in [6, 6.07) is -0.102. The number of nitrogens with zero attached hydrogens (tertiary/aromatic N) is 2. The largest absolute Gasteiger partial charge is 0.393 e. The molecule has 7 heteroatoms. The molecule has 1 saturated carbocycles. The molecular weight excluding hydrogens is 240 g/mol. The van der Waals surface area contributed by atoms with Gasteiger partial charge in [0.05, 0.1) is 6.10 Å². The van der Waals surface area contributed by atoms with Crippen molar-refractivity contribution in [3.8, 4) is 0 Å². The van der Waals surface area contributed by atoms with E-state index in [1.54, 1.807) is 0 Å². The Morgan fingerprint density at radius 3 is 2.65 bits per heavy atom. The van der Waals surface area contributed by atoms with Crippen LogP contribution in [0.5, 0.6) is 0 Å². The molecule has 0 unspecified atom stereocenters. The summed E-state index contributed by atoms with van der Waals surface area (Å²) >= 11 is 1.34. The summed E-state index contributed by atoms with van der Waals surface area (Å²) < 4.78 is 0. The van der Waals surface area contributed by atoms with E-state index in [1.165, 1.54) is 11.3 Å². The van der Waals surface area contributed by atoms with E-state index in [0.717, 1.165) is 30.7 Å². The molecule has 0 radical (unpaired) electrons. The van der Waals surface area contributed by atoms with Gasteiger partial charge in [-0.1, -0.05) is 11.3 Å².